The number of aliphatic carboxylic acids is 1. The molecule has 1 atom stereocenters. The summed E-state index contributed by atoms with van der Waals surface area (Å²) in [5.41, 5.74) is 4.98. The van der Waals surface area contributed by atoms with Crippen molar-refractivity contribution in [2.75, 3.05) is 0 Å². The largest absolute Gasteiger partial charge is 0.480 e. The lowest BCUT2D eigenvalue weighted by Gasteiger charge is -2.01. The van der Waals surface area contributed by atoms with Gasteiger partial charge in [0.15, 0.2) is 0 Å². The number of nitrogens with two attached hydrogens (primary N) is 1. The molecule has 0 aromatic heterocycles. The summed E-state index contributed by atoms with van der Waals surface area (Å²) in [5, 5.41) is 8.21. The second-order valence-corrected chi connectivity index (χ2v) is 1.74. The van der Waals surface area contributed by atoms with Gasteiger partial charge in [-0.15, -0.1) is 0 Å². The van der Waals surface area contributed by atoms with Crippen molar-refractivity contribution in [3.63, 3.8) is 0 Å². The first-order chi connectivity index (χ1) is 5.07. The lowest BCUT2D eigenvalue weighted by molar-refractivity contribution is -0.144. The van der Waals surface area contributed by atoms with E-state index in [-0.39, 0.29) is 0 Å². The first kappa shape index (κ1) is 9.46. The molecule has 0 radical (unpaired) electrons. The number of ether oxygens (including phenoxy) is 1. The van der Waals surface area contributed by atoms with Gasteiger partial charge in [0, 0.05) is 0 Å². The van der Waals surface area contributed by atoms with Gasteiger partial charge in [0.05, 0.1) is 6.42 Å². The minimum Gasteiger partial charge on any atom is -0.480 e. The SMILES string of the molecule is C#COC(=O)CC(N)C(=O)O. The normalized spacial score (nSPS) is 11.3. The van der Waals surface area contributed by atoms with E-state index in [1.165, 1.54) is 0 Å². The molecule has 0 fully saturated rings. The molecular formula is C6H7NO4. The summed E-state index contributed by atoms with van der Waals surface area (Å²) >= 11 is 0. The molecule has 0 aromatic carbocycles. The number of terminal acetylenes is 1. The molecule has 3 N–H and O–H groups in total. The third-order valence-electron chi connectivity index (χ3n) is 0.877. The zero-order valence-corrected chi connectivity index (χ0v) is 5.61. The first-order valence-electron chi connectivity index (χ1n) is 2.71. The molecule has 0 saturated carbocycles. The van der Waals surface area contributed by atoms with Gasteiger partial charge in [-0.25, -0.2) is 0 Å². The second kappa shape index (κ2) is 4.30. The van der Waals surface area contributed by atoms with Crippen molar-refractivity contribution < 1.29 is 19.4 Å². The smallest absolute Gasteiger partial charge is 0.321 e. The van der Waals surface area contributed by atoms with Crippen molar-refractivity contribution in [3.8, 4) is 12.5 Å². The van der Waals surface area contributed by atoms with E-state index in [2.05, 4.69) is 11.2 Å². The molecule has 0 heterocycles. The highest BCUT2D eigenvalue weighted by atomic mass is 16.5. The zero-order valence-electron chi connectivity index (χ0n) is 5.61. The second-order valence-electron chi connectivity index (χ2n) is 1.74. The highest BCUT2D eigenvalue weighted by molar-refractivity contribution is 5.81. The Morgan fingerprint density at radius 1 is 1.73 bits per heavy atom. The van der Waals surface area contributed by atoms with E-state index < -0.39 is 24.4 Å². The molecule has 0 aromatic rings. The van der Waals surface area contributed by atoms with Gasteiger partial charge in [-0.1, -0.05) is 6.42 Å². The number of carboxylic acid groups (broad SMARTS) is 1. The van der Waals surface area contributed by atoms with Gasteiger partial charge < -0.3 is 15.6 Å². The number of hydrogen-bond acceptors (Lipinski definition) is 4. The molecule has 0 spiro atoms. The van der Waals surface area contributed by atoms with Crippen LogP contribution in [-0.4, -0.2) is 23.1 Å². The molecule has 5 nitrogen and oxygen atoms in total. The summed E-state index contributed by atoms with van der Waals surface area (Å²) in [6, 6.07) is -1.25. The fourth-order valence-corrected chi connectivity index (χ4v) is 0.374. The van der Waals surface area contributed by atoms with Crippen molar-refractivity contribution >= 4 is 11.9 Å². The van der Waals surface area contributed by atoms with Gasteiger partial charge in [-0.3, -0.25) is 9.59 Å². The number of hydrogen-bond donors (Lipinski definition) is 2. The van der Waals surface area contributed by atoms with Crippen LogP contribution in [0.4, 0.5) is 0 Å². The molecule has 0 saturated heterocycles. The summed E-state index contributed by atoms with van der Waals surface area (Å²) in [6.45, 7) is 0. The van der Waals surface area contributed by atoms with E-state index in [4.69, 9.17) is 10.8 Å². The lowest BCUT2D eigenvalue weighted by atomic mass is 10.2. The van der Waals surface area contributed by atoms with Crippen molar-refractivity contribution in [1.29, 1.82) is 0 Å². The van der Waals surface area contributed by atoms with Gasteiger partial charge >= 0.3 is 11.9 Å². The average molecular weight is 157 g/mol. The Balaban J connectivity index is 3.77. The van der Waals surface area contributed by atoms with Crippen LogP contribution in [0.15, 0.2) is 0 Å². The fourth-order valence-electron chi connectivity index (χ4n) is 0.374. The topological polar surface area (TPSA) is 89.6 Å². The molecule has 1 unspecified atom stereocenters. The summed E-state index contributed by atoms with van der Waals surface area (Å²) in [7, 11) is 0. The van der Waals surface area contributed by atoms with E-state index in [9.17, 15) is 9.59 Å². The highest BCUT2D eigenvalue weighted by Crippen LogP contribution is 1.90. The summed E-state index contributed by atoms with van der Waals surface area (Å²) in [5.74, 6) is -2.08. The molecule has 5 heteroatoms. The van der Waals surface area contributed by atoms with E-state index in [1.54, 1.807) is 6.11 Å². The summed E-state index contributed by atoms with van der Waals surface area (Å²) in [4.78, 5) is 20.5. The molecule has 60 valence electrons. The standard InChI is InChI=1S/C6H7NO4/c1-2-11-5(8)3-4(7)6(9)10/h1,4H,3,7H2,(H,9,10). The van der Waals surface area contributed by atoms with Crippen molar-refractivity contribution in [2.45, 2.75) is 12.5 Å². The highest BCUT2D eigenvalue weighted by Gasteiger charge is 2.16. The number of rotatable bonds is 3. The predicted octanol–water partition coefficient (Wildman–Crippen LogP) is -1.08. The molecule has 0 rings (SSSR count). The molecule has 11 heavy (non-hydrogen) atoms. The Kier molecular flexibility index (Phi) is 3.70. The van der Waals surface area contributed by atoms with Crippen LogP contribution in [0.25, 0.3) is 0 Å². The molecular weight excluding hydrogens is 150 g/mol. The summed E-state index contributed by atoms with van der Waals surface area (Å²) < 4.78 is 4.01. The monoisotopic (exact) mass is 157 g/mol. The van der Waals surface area contributed by atoms with Crippen LogP contribution in [-0.2, 0) is 14.3 Å². The van der Waals surface area contributed by atoms with Gasteiger partial charge in [0.1, 0.15) is 12.1 Å². The Hall–Kier alpha value is -1.54. The fraction of sp³-hybridized carbons (Fsp3) is 0.333. The molecule has 0 amide bonds. The van der Waals surface area contributed by atoms with E-state index in [1.807, 2.05) is 0 Å². The Bertz CT molecular complexity index is 205. The van der Waals surface area contributed by atoms with Crippen LogP contribution >= 0.6 is 0 Å². The maximum absolute atomic E-state index is 10.4. The quantitative estimate of drug-likeness (QED) is 0.402. The lowest BCUT2D eigenvalue weighted by Crippen LogP contribution is -2.32. The predicted molar refractivity (Wildman–Crippen MR) is 35.2 cm³/mol. The van der Waals surface area contributed by atoms with Gasteiger partial charge in [0.25, 0.3) is 0 Å². The van der Waals surface area contributed by atoms with Crippen LogP contribution in [0, 0.1) is 12.5 Å². The van der Waals surface area contributed by atoms with E-state index in [0.29, 0.717) is 0 Å². The van der Waals surface area contributed by atoms with Crippen LogP contribution in [0.1, 0.15) is 6.42 Å². The minimum atomic E-state index is -1.26. The van der Waals surface area contributed by atoms with Crippen LogP contribution in [0.3, 0.4) is 0 Å². The van der Waals surface area contributed by atoms with Crippen molar-refractivity contribution in [1.82, 2.24) is 0 Å². The number of esters is 1. The average Bonchev–Trinajstić information content (AvgIpc) is 1.87. The number of carbonyl (C=O) groups excluding carboxylic acids is 1. The Labute approximate surface area is 63.1 Å². The van der Waals surface area contributed by atoms with Crippen molar-refractivity contribution in [2.24, 2.45) is 5.73 Å². The maximum atomic E-state index is 10.4. The van der Waals surface area contributed by atoms with Crippen molar-refractivity contribution in [3.05, 3.63) is 0 Å². The van der Waals surface area contributed by atoms with Crippen LogP contribution in [0.5, 0.6) is 0 Å². The third kappa shape index (κ3) is 3.95. The molecule has 0 aliphatic rings. The van der Waals surface area contributed by atoms with Gasteiger partial charge in [0.2, 0.25) is 0 Å². The van der Waals surface area contributed by atoms with Crippen LogP contribution in [0.2, 0.25) is 0 Å². The third-order valence-corrected chi connectivity index (χ3v) is 0.877. The first-order valence-corrected chi connectivity index (χ1v) is 2.71. The zero-order chi connectivity index (χ0) is 8.85. The Morgan fingerprint density at radius 2 is 2.27 bits per heavy atom. The molecule has 0 aliphatic heterocycles. The maximum Gasteiger partial charge on any atom is 0.321 e. The van der Waals surface area contributed by atoms with E-state index in [0.717, 1.165) is 0 Å². The summed E-state index contributed by atoms with van der Waals surface area (Å²) in [6.07, 6.45) is 5.80. The minimum absolute atomic E-state index is 0.417. The number of carbonyl (C=O) groups is 2. The van der Waals surface area contributed by atoms with Gasteiger partial charge in [-0.05, 0) is 0 Å². The van der Waals surface area contributed by atoms with Gasteiger partial charge in [-0.2, -0.15) is 0 Å². The van der Waals surface area contributed by atoms with Crippen LogP contribution < -0.4 is 5.73 Å². The Morgan fingerprint density at radius 3 is 2.64 bits per heavy atom. The molecule has 0 aliphatic carbocycles. The molecule has 0 bridgehead atoms. The number of carboxylic acids is 1. The van der Waals surface area contributed by atoms with E-state index >= 15 is 0 Å².